The molecule has 1 aliphatic heterocycles. The number of amides is 1. The molecule has 2 heterocycles. The minimum absolute atomic E-state index is 0.0930. The summed E-state index contributed by atoms with van der Waals surface area (Å²) in [5, 5.41) is 0. The minimum Gasteiger partial charge on any atom is -0.369 e. The standard InChI is InChI=1S/C20H22N2O3/c1-3-19(23)21-12-17(22-10-5-4-9-20(22)24)18(13-21)25-14-16-8-6-7-15(2)11-16/h3-11,17-18H,1,12-14H2,2H3/t17-,18-/m1/s1. The number of nitrogens with zero attached hydrogens (tertiary/aromatic N) is 2. The normalized spacial score (nSPS) is 19.8. The molecule has 3 rings (SSSR count). The SMILES string of the molecule is C=CC(=O)N1C[C@@H](n2ccccc2=O)[C@H](OCc2cccc(C)c2)C1. The van der Waals surface area contributed by atoms with Crippen LogP contribution in [0, 0.1) is 6.92 Å². The third kappa shape index (κ3) is 3.88. The van der Waals surface area contributed by atoms with Crippen molar-refractivity contribution >= 4 is 5.91 Å². The molecule has 0 saturated carbocycles. The fourth-order valence-electron chi connectivity index (χ4n) is 3.22. The fourth-order valence-corrected chi connectivity index (χ4v) is 3.22. The zero-order valence-electron chi connectivity index (χ0n) is 14.3. The van der Waals surface area contributed by atoms with Crippen LogP contribution in [0.4, 0.5) is 0 Å². The van der Waals surface area contributed by atoms with Gasteiger partial charge in [0.1, 0.15) is 0 Å². The van der Waals surface area contributed by atoms with Gasteiger partial charge in [-0.2, -0.15) is 0 Å². The number of hydrogen-bond donors (Lipinski definition) is 0. The summed E-state index contributed by atoms with van der Waals surface area (Å²) in [6, 6.07) is 13.0. The molecule has 0 aliphatic carbocycles. The topological polar surface area (TPSA) is 51.5 Å². The Bertz CT molecular complexity index is 827. The van der Waals surface area contributed by atoms with E-state index in [0.29, 0.717) is 19.7 Å². The van der Waals surface area contributed by atoms with Crippen LogP contribution in [-0.2, 0) is 16.1 Å². The molecule has 1 aromatic heterocycles. The van der Waals surface area contributed by atoms with E-state index in [4.69, 9.17) is 4.74 Å². The number of likely N-dealkylation sites (tertiary alicyclic amines) is 1. The average molecular weight is 338 g/mol. The third-order valence-electron chi connectivity index (χ3n) is 4.48. The van der Waals surface area contributed by atoms with Gasteiger partial charge in [-0.3, -0.25) is 9.59 Å². The van der Waals surface area contributed by atoms with Crippen LogP contribution in [0.5, 0.6) is 0 Å². The number of carbonyl (C=O) groups excluding carboxylic acids is 1. The van der Waals surface area contributed by atoms with Crippen LogP contribution >= 0.6 is 0 Å². The molecular weight excluding hydrogens is 316 g/mol. The van der Waals surface area contributed by atoms with Crippen LogP contribution in [0.15, 0.2) is 66.1 Å². The van der Waals surface area contributed by atoms with E-state index in [9.17, 15) is 9.59 Å². The lowest BCUT2D eigenvalue weighted by molar-refractivity contribution is -0.125. The molecule has 1 fully saturated rings. The Hall–Kier alpha value is -2.66. The Morgan fingerprint density at radius 3 is 2.84 bits per heavy atom. The van der Waals surface area contributed by atoms with E-state index in [0.717, 1.165) is 5.56 Å². The minimum atomic E-state index is -0.246. The molecule has 1 amide bonds. The largest absolute Gasteiger partial charge is 0.369 e. The number of benzene rings is 1. The zero-order chi connectivity index (χ0) is 17.8. The summed E-state index contributed by atoms with van der Waals surface area (Å²) in [7, 11) is 0. The van der Waals surface area contributed by atoms with Gasteiger partial charge in [0.15, 0.2) is 0 Å². The molecule has 5 heteroatoms. The highest BCUT2D eigenvalue weighted by atomic mass is 16.5. The first-order valence-electron chi connectivity index (χ1n) is 8.34. The number of carbonyl (C=O) groups is 1. The predicted molar refractivity (Wildman–Crippen MR) is 96.3 cm³/mol. The number of aromatic nitrogens is 1. The number of hydrogen-bond acceptors (Lipinski definition) is 3. The van der Waals surface area contributed by atoms with Crippen molar-refractivity contribution in [2.24, 2.45) is 0 Å². The van der Waals surface area contributed by atoms with E-state index in [2.05, 4.69) is 12.6 Å². The first kappa shape index (κ1) is 17.2. The Labute approximate surface area is 147 Å². The maximum absolute atomic E-state index is 12.2. The molecule has 1 aromatic carbocycles. The Morgan fingerprint density at radius 2 is 2.12 bits per heavy atom. The van der Waals surface area contributed by atoms with Crippen molar-refractivity contribution in [1.29, 1.82) is 0 Å². The van der Waals surface area contributed by atoms with Crippen molar-refractivity contribution in [2.75, 3.05) is 13.1 Å². The molecule has 1 aliphatic rings. The lowest BCUT2D eigenvalue weighted by Crippen LogP contribution is -2.32. The second-order valence-electron chi connectivity index (χ2n) is 6.30. The molecule has 2 atom stereocenters. The van der Waals surface area contributed by atoms with Gasteiger partial charge >= 0.3 is 0 Å². The zero-order valence-corrected chi connectivity index (χ0v) is 14.3. The van der Waals surface area contributed by atoms with Gasteiger partial charge < -0.3 is 14.2 Å². The molecule has 0 spiro atoms. The van der Waals surface area contributed by atoms with E-state index < -0.39 is 0 Å². The van der Waals surface area contributed by atoms with Gasteiger partial charge in [-0.1, -0.05) is 42.5 Å². The lowest BCUT2D eigenvalue weighted by Gasteiger charge is -2.21. The van der Waals surface area contributed by atoms with Gasteiger partial charge in [0.25, 0.3) is 5.56 Å². The van der Waals surface area contributed by atoms with Gasteiger partial charge in [0, 0.05) is 25.4 Å². The average Bonchev–Trinajstić information content (AvgIpc) is 3.04. The monoisotopic (exact) mass is 338 g/mol. The van der Waals surface area contributed by atoms with Crippen LogP contribution in [0.25, 0.3) is 0 Å². The summed E-state index contributed by atoms with van der Waals surface area (Å²) in [5.74, 6) is -0.143. The van der Waals surface area contributed by atoms with Crippen molar-refractivity contribution in [3.63, 3.8) is 0 Å². The summed E-state index contributed by atoms with van der Waals surface area (Å²) >= 11 is 0. The van der Waals surface area contributed by atoms with Crippen molar-refractivity contribution in [3.05, 3.63) is 82.8 Å². The summed E-state index contributed by atoms with van der Waals surface area (Å²) in [4.78, 5) is 25.9. The van der Waals surface area contributed by atoms with Crippen molar-refractivity contribution < 1.29 is 9.53 Å². The fraction of sp³-hybridized carbons (Fsp3) is 0.300. The van der Waals surface area contributed by atoms with E-state index in [1.807, 2.05) is 31.2 Å². The maximum Gasteiger partial charge on any atom is 0.250 e. The molecule has 130 valence electrons. The summed E-state index contributed by atoms with van der Waals surface area (Å²) in [6.45, 7) is 6.92. The van der Waals surface area contributed by atoms with Gasteiger partial charge in [-0.15, -0.1) is 0 Å². The van der Waals surface area contributed by atoms with Crippen molar-refractivity contribution in [1.82, 2.24) is 9.47 Å². The Morgan fingerprint density at radius 1 is 1.28 bits per heavy atom. The second-order valence-corrected chi connectivity index (χ2v) is 6.30. The lowest BCUT2D eigenvalue weighted by atomic mass is 10.1. The van der Waals surface area contributed by atoms with Crippen LogP contribution < -0.4 is 5.56 Å². The van der Waals surface area contributed by atoms with Crippen LogP contribution in [0.2, 0.25) is 0 Å². The van der Waals surface area contributed by atoms with E-state index in [1.54, 1.807) is 21.7 Å². The summed E-state index contributed by atoms with van der Waals surface area (Å²) in [5.41, 5.74) is 2.16. The van der Waals surface area contributed by atoms with Crippen LogP contribution in [0.3, 0.4) is 0 Å². The molecule has 25 heavy (non-hydrogen) atoms. The van der Waals surface area contributed by atoms with Gasteiger partial charge in [-0.05, 0) is 24.6 Å². The quantitative estimate of drug-likeness (QED) is 0.786. The molecule has 0 radical (unpaired) electrons. The summed E-state index contributed by atoms with van der Waals surface area (Å²) < 4.78 is 7.75. The predicted octanol–water partition coefficient (Wildman–Crippen LogP) is 2.31. The second kappa shape index (κ2) is 7.49. The Balaban J connectivity index is 1.80. The number of rotatable bonds is 5. The van der Waals surface area contributed by atoms with Gasteiger partial charge in [0.2, 0.25) is 5.91 Å². The van der Waals surface area contributed by atoms with Crippen molar-refractivity contribution in [3.8, 4) is 0 Å². The maximum atomic E-state index is 12.2. The van der Waals surface area contributed by atoms with Crippen LogP contribution in [-0.4, -0.2) is 34.6 Å². The van der Waals surface area contributed by atoms with Gasteiger partial charge in [-0.25, -0.2) is 0 Å². The number of pyridine rings is 1. The number of ether oxygens (including phenoxy) is 1. The van der Waals surface area contributed by atoms with E-state index >= 15 is 0 Å². The molecule has 0 bridgehead atoms. The highest BCUT2D eigenvalue weighted by molar-refractivity contribution is 5.87. The van der Waals surface area contributed by atoms with Crippen molar-refractivity contribution in [2.45, 2.75) is 25.7 Å². The van der Waals surface area contributed by atoms with E-state index in [-0.39, 0.29) is 23.6 Å². The Kier molecular flexibility index (Phi) is 5.14. The smallest absolute Gasteiger partial charge is 0.250 e. The van der Waals surface area contributed by atoms with Gasteiger partial charge in [0.05, 0.1) is 18.8 Å². The first-order valence-corrected chi connectivity index (χ1v) is 8.34. The van der Waals surface area contributed by atoms with Crippen LogP contribution in [0.1, 0.15) is 17.2 Å². The third-order valence-corrected chi connectivity index (χ3v) is 4.48. The van der Waals surface area contributed by atoms with E-state index in [1.165, 1.54) is 17.7 Å². The molecule has 1 saturated heterocycles. The highest BCUT2D eigenvalue weighted by Gasteiger charge is 2.36. The first-order chi connectivity index (χ1) is 12.1. The molecule has 0 N–H and O–H groups in total. The molecule has 5 nitrogen and oxygen atoms in total. The summed E-state index contributed by atoms with van der Waals surface area (Å²) in [6.07, 6.45) is 2.80. The molecule has 0 unspecified atom stereocenters. The molecular formula is C20H22N2O3. The highest BCUT2D eigenvalue weighted by Crippen LogP contribution is 2.25. The molecule has 2 aromatic rings. The number of aryl methyl sites for hydroxylation is 1.